The summed E-state index contributed by atoms with van der Waals surface area (Å²) in [7, 11) is 1.33. The smallest absolute Gasteiger partial charge is 0.334 e. The van der Waals surface area contributed by atoms with Gasteiger partial charge in [-0.05, 0) is 24.3 Å². The van der Waals surface area contributed by atoms with Crippen molar-refractivity contribution in [1.29, 1.82) is 0 Å². The number of ether oxygens (including phenoxy) is 1. The Morgan fingerprint density at radius 1 is 1.53 bits per heavy atom. The molecule has 0 saturated heterocycles. The molecule has 17 heavy (non-hydrogen) atoms. The average Bonchev–Trinajstić information content (AvgIpc) is 2.46. The number of carbonyl (C=O) groups excluding carboxylic acids is 1. The highest BCUT2D eigenvalue weighted by Gasteiger charge is 2.16. The number of hydrogen-bond donors (Lipinski definition) is 1. The molecule has 0 radical (unpaired) electrons. The molecule has 1 heterocycles. The van der Waals surface area contributed by atoms with E-state index in [4.69, 9.17) is 17.3 Å². The Morgan fingerprint density at radius 3 is 3.00 bits per heavy atom. The summed E-state index contributed by atoms with van der Waals surface area (Å²) in [4.78, 5) is 15.7. The molecule has 0 bridgehead atoms. The van der Waals surface area contributed by atoms with E-state index in [2.05, 4.69) is 9.73 Å². The van der Waals surface area contributed by atoms with Crippen LogP contribution >= 0.6 is 11.6 Å². The minimum atomic E-state index is -0.407. The van der Waals surface area contributed by atoms with Gasteiger partial charge in [0.15, 0.2) is 0 Å². The molecule has 0 aromatic heterocycles. The fourth-order valence-corrected chi connectivity index (χ4v) is 1.81. The van der Waals surface area contributed by atoms with Gasteiger partial charge in [0.25, 0.3) is 0 Å². The minimum Gasteiger partial charge on any atom is -0.466 e. The molecule has 2 N–H and O–H groups in total. The first kappa shape index (κ1) is 11.7. The number of nitrogens with zero attached hydrogens (tertiary/aromatic N) is 1. The predicted molar refractivity (Wildman–Crippen MR) is 67.3 cm³/mol. The molecule has 0 aliphatic carbocycles. The third kappa shape index (κ3) is 2.47. The van der Waals surface area contributed by atoms with Gasteiger partial charge in [-0.3, -0.25) is 0 Å². The molecule has 0 spiro atoms. The third-order valence-electron chi connectivity index (χ3n) is 2.40. The summed E-state index contributed by atoms with van der Waals surface area (Å²) < 4.78 is 4.69. The number of amidine groups is 1. The Hall–Kier alpha value is -1.81. The number of carbonyl (C=O) groups is 1. The summed E-state index contributed by atoms with van der Waals surface area (Å²) in [6.07, 6.45) is 1.98. The van der Waals surface area contributed by atoms with Crippen LogP contribution < -0.4 is 5.73 Å². The highest BCUT2D eigenvalue weighted by atomic mass is 35.5. The molecular weight excluding hydrogens is 240 g/mol. The summed E-state index contributed by atoms with van der Waals surface area (Å²) in [5, 5.41) is 0.583. The maximum atomic E-state index is 11.5. The van der Waals surface area contributed by atoms with Crippen molar-refractivity contribution >= 4 is 35.2 Å². The Balaban J connectivity index is 2.55. The molecule has 0 amide bonds. The van der Waals surface area contributed by atoms with E-state index in [0.29, 0.717) is 22.1 Å². The van der Waals surface area contributed by atoms with Crippen molar-refractivity contribution in [3.8, 4) is 0 Å². The second-order valence-electron chi connectivity index (χ2n) is 3.64. The van der Waals surface area contributed by atoms with Crippen LogP contribution in [0.25, 0.3) is 6.08 Å². The molecule has 2 rings (SSSR count). The Labute approximate surface area is 104 Å². The molecular formula is C12H11ClN2O2. The van der Waals surface area contributed by atoms with Gasteiger partial charge in [-0.25, -0.2) is 9.79 Å². The number of esters is 1. The Morgan fingerprint density at radius 2 is 2.29 bits per heavy atom. The summed E-state index contributed by atoms with van der Waals surface area (Å²) >= 11 is 5.90. The van der Waals surface area contributed by atoms with Crippen molar-refractivity contribution in [2.75, 3.05) is 7.11 Å². The summed E-state index contributed by atoms with van der Waals surface area (Å²) in [5.74, 6) is -0.0290. The Kier molecular flexibility index (Phi) is 3.15. The highest BCUT2D eigenvalue weighted by molar-refractivity contribution is 6.30. The van der Waals surface area contributed by atoms with E-state index in [-0.39, 0.29) is 6.42 Å². The summed E-state index contributed by atoms with van der Waals surface area (Å²) in [6, 6.07) is 5.23. The van der Waals surface area contributed by atoms with Crippen molar-refractivity contribution < 1.29 is 9.53 Å². The van der Waals surface area contributed by atoms with E-state index in [9.17, 15) is 4.79 Å². The van der Waals surface area contributed by atoms with Gasteiger partial charge >= 0.3 is 5.97 Å². The van der Waals surface area contributed by atoms with E-state index in [1.165, 1.54) is 7.11 Å². The quantitative estimate of drug-likeness (QED) is 0.778. The fraction of sp³-hybridized carbons (Fsp3) is 0.167. The molecule has 5 heteroatoms. The fourth-order valence-electron chi connectivity index (χ4n) is 1.63. The zero-order chi connectivity index (χ0) is 12.4. The third-order valence-corrected chi connectivity index (χ3v) is 2.64. The molecule has 88 valence electrons. The number of halogens is 1. The van der Waals surface area contributed by atoms with Gasteiger partial charge in [0, 0.05) is 22.6 Å². The minimum absolute atomic E-state index is 0.277. The van der Waals surface area contributed by atoms with E-state index in [0.717, 1.165) is 5.56 Å². The molecule has 4 nitrogen and oxygen atoms in total. The number of benzene rings is 1. The van der Waals surface area contributed by atoms with Crippen LogP contribution in [0.15, 0.2) is 28.8 Å². The monoisotopic (exact) mass is 250 g/mol. The molecule has 1 aliphatic rings. The second kappa shape index (κ2) is 4.59. The van der Waals surface area contributed by atoms with Crippen molar-refractivity contribution in [2.24, 2.45) is 10.7 Å². The zero-order valence-electron chi connectivity index (χ0n) is 9.24. The first-order valence-electron chi connectivity index (χ1n) is 5.01. The van der Waals surface area contributed by atoms with Crippen LogP contribution in [0.5, 0.6) is 0 Å². The number of methoxy groups -OCH3 is 1. The van der Waals surface area contributed by atoms with Crippen molar-refractivity contribution in [3.63, 3.8) is 0 Å². The average molecular weight is 251 g/mol. The Bertz CT molecular complexity index is 535. The van der Waals surface area contributed by atoms with E-state index >= 15 is 0 Å². The SMILES string of the molecule is COC(=O)C1=Cc2cc(Cl)ccc2N=C(N)C1. The molecule has 0 atom stereocenters. The lowest BCUT2D eigenvalue weighted by atomic mass is 10.1. The normalized spacial score (nSPS) is 14.2. The van der Waals surface area contributed by atoms with Gasteiger partial charge in [-0.2, -0.15) is 0 Å². The number of aliphatic imine (C=N–C) groups is 1. The topological polar surface area (TPSA) is 64.7 Å². The van der Waals surface area contributed by atoms with Crippen LogP contribution in [0.3, 0.4) is 0 Å². The largest absolute Gasteiger partial charge is 0.466 e. The van der Waals surface area contributed by atoms with E-state index in [1.807, 2.05) is 0 Å². The van der Waals surface area contributed by atoms with Crippen molar-refractivity contribution in [3.05, 3.63) is 34.4 Å². The van der Waals surface area contributed by atoms with Crippen LogP contribution in [-0.4, -0.2) is 18.9 Å². The van der Waals surface area contributed by atoms with Crippen LogP contribution in [0, 0.1) is 0 Å². The standard InChI is InChI=1S/C12H11ClN2O2/c1-17-12(16)8-4-7-5-9(13)2-3-10(7)15-11(14)6-8/h2-5H,6H2,1H3,(H2,14,15). The maximum absolute atomic E-state index is 11.5. The molecule has 1 aromatic rings. The lowest BCUT2D eigenvalue weighted by Gasteiger charge is -2.02. The van der Waals surface area contributed by atoms with Crippen LogP contribution in [0.4, 0.5) is 5.69 Å². The first-order valence-corrected chi connectivity index (χ1v) is 5.39. The van der Waals surface area contributed by atoms with Gasteiger partial charge in [-0.15, -0.1) is 0 Å². The van der Waals surface area contributed by atoms with E-state index < -0.39 is 5.97 Å². The molecule has 1 aromatic carbocycles. The molecule has 0 unspecified atom stereocenters. The van der Waals surface area contributed by atoms with Gasteiger partial charge in [-0.1, -0.05) is 11.6 Å². The maximum Gasteiger partial charge on any atom is 0.334 e. The first-order chi connectivity index (χ1) is 8.10. The van der Waals surface area contributed by atoms with Gasteiger partial charge in [0.05, 0.1) is 12.8 Å². The lowest BCUT2D eigenvalue weighted by molar-refractivity contribution is -0.136. The van der Waals surface area contributed by atoms with E-state index in [1.54, 1.807) is 24.3 Å². The van der Waals surface area contributed by atoms with Crippen LogP contribution in [0.1, 0.15) is 12.0 Å². The van der Waals surface area contributed by atoms with Crippen molar-refractivity contribution in [2.45, 2.75) is 6.42 Å². The molecule has 1 aliphatic heterocycles. The van der Waals surface area contributed by atoms with Crippen LogP contribution in [-0.2, 0) is 9.53 Å². The number of hydrogen-bond acceptors (Lipinski definition) is 4. The molecule has 0 fully saturated rings. The van der Waals surface area contributed by atoms with Gasteiger partial charge in [0.2, 0.25) is 0 Å². The lowest BCUT2D eigenvalue weighted by Crippen LogP contribution is -2.15. The zero-order valence-corrected chi connectivity index (χ0v) is 9.99. The summed E-state index contributed by atoms with van der Waals surface area (Å²) in [6.45, 7) is 0. The predicted octanol–water partition coefficient (Wildman–Crippen LogP) is 2.29. The summed E-state index contributed by atoms with van der Waals surface area (Å²) in [5.41, 5.74) is 7.67. The number of rotatable bonds is 1. The van der Waals surface area contributed by atoms with Crippen molar-refractivity contribution in [1.82, 2.24) is 0 Å². The van der Waals surface area contributed by atoms with Crippen LogP contribution in [0.2, 0.25) is 5.02 Å². The number of fused-ring (bicyclic) bond motifs is 1. The van der Waals surface area contributed by atoms with Gasteiger partial charge in [0.1, 0.15) is 5.84 Å². The van der Waals surface area contributed by atoms with Gasteiger partial charge < -0.3 is 10.5 Å². The number of nitrogens with two attached hydrogens (primary N) is 1. The second-order valence-corrected chi connectivity index (χ2v) is 4.08. The molecule has 0 saturated carbocycles. The highest BCUT2D eigenvalue weighted by Crippen LogP contribution is 2.29.